The van der Waals surface area contributed by atoms with E-state index in [0.717, 1.165) is 39.6 Å². The molecule has 0 saturated carbocycles. The number of fused-ring (bicyclic) bond motifs is 1. The Labute approximate surface area is 112 Å². The molecular weight excluding hydrogens is 242 g/mol. The summed E-state index contributed by atoms with van der Waals surface area (Å²) in [4.78, 5) is 0. The van der Waals surface area contributed by atoms with Crippen molar-refractivity contribution in [1.82, 2.24) is 4.57 Å². The molecule has 1 aromatic carbocycles. The Kier molecular flexibility index (Phi) is 2.75. The van der Waals surface area contributed by atoms with Crippen molar-refractivity contribution >= 4 is 0 Å². The van der Waals surface area contributed by atoms with Gasteiger partial charge in [0.25, 0.3) is 0 Å². The molecule has 1 aliphatic rings. The largest absolute Gasteiger partial charge is 0.454 e. The van der Waals surface area contributed by atoms with Crippen LogP contribution in [-0.4, -0.2) is 16.5 Å². The van der Waals surface area contributed by atoms with E-state index >= 15 is 0 Å². The molecule has 3 rings (SSSR count). The Bertz CT molecular complexity index is 643. The summed E-state index contributed by atoms with van der Waals surface area (Å²) in [6.07, 6.45) is 0. The van der Waals surface area contributed by atoms with E-state index in [1.165, 1.54) is 0 Å². The molecule has 19 heavy (non-hydrogen) atoms. The summed E-state index contributed by atoms with van der Waals surface area (Å²) in [6, 6.07) is 6.03. The van der Waals surface area contributed by atoms with Crippen molar-refractivity contribution in [1.29, 1.82) is 0 Å². The molecule has 0 radical (unpaired) electrons. The molecule has 0 atom stereocenters. The summed E-state index contributed by atoms with van der Waals surface area (Å²) in [7, 11) is 2.01. The fourth-order valence-electron chi connectivity index (χ4n) is 2.50. The quantitative estimate of drug-likeness (QED) is 0.901. The van der Waals surface area contributed by atoms with Gasteiger partial charge in [-0.05, 0) is 43.2 Å². The van der Waals surface area contributed by atoms with E-state index in [0.29, 0.717) is 0 Å². The van der Waals surface area contributed by atoms with Crippen molar-refractivity contribution in [3.63, 3.8) is 0 Å². The topological polar surface area (TPSA) is 43.6 Å². The minimum absolute atomic E-state index is 0.0588. The highest BCUT2D eigenvalue weighted by Crippen LogP contribution is 2.39. The van der Waals surface area contributed by atoms with Gasteiger partial charge in [0.05, 0.1) is 6.61 Å². The van der Waals surface area contributed by atoms with Gasteiger partial charge in [-0.3, -0.25) is 0 Å². The molecule has 1 aliphatic heterocycles. The van der Waals surface area contributed by atoms with Gasteiger partial charge in [0.2, 0.25) is 6.79 Å². The zero-order valence-corrected chi connectivity index (χ0v) is 11.4. The van der Waals surface area contributed by atoms with E-state index in [1.807, 2.05) is 32.2 Å². The van der Waals surface area contributed by atoms with Gasteiger partial charge in [0.1, 0.15) is 0 Å². The first kappa shape index (κ1) is 12.1. The lowest BCUT2D eigenvalue weighted by molar-refractivity contribution is 0.174. The third-order valence-electron chi connectivity index (χ3n) is 3.81. The average Bonchev–Trinajstić information content (AvgIpc) is 2.95. The fourth-order valence-corrected chi connectivity index (χ4v) is 2.50. The van der Waals surface area contributed by atoms with E-state index < -0.39 is 0 Å². The second-order valence-electron chi connectivity index (χ2n) is 4.88. The van der Waals surface area contributed by atoms with Crippen LogP contribution < -0.4 is 9.47 Å². The molecule has 0 aliphatic carbocycles. The summed E-state index contributed by atoms with van der Waals surface area (Å²) in [5.41, 5.74) is 5.35. The van der Waals surface area contributed by atoms with E-state index in [9.17, 15) is 5.11 Å². The Balaban J connectivity index is 2.17. The summed E-state index contributed by atoms with van der Waals surface area (Å²) < 4.78 is 12.9. The number of rotatable bonds is 2. The molecule has 4 nitrogen and oxygen atoms in total. The monoisotopic (exact) mass is 259 g/mol. The summed E-state index contributed by atoms with van der Waals surface area (Å²) in [5.74, 6) is 1.58. The van der Waals surface area contributed by atoms with Crippen molar-refractivity contribution in [2.75, 3.05) is 6.79 Å². The van der Waals surface area contributed by atoms with Gasteiger partial charge in [-0.2, -0.15) is 0 Å². The van der Waals surface area contributed by atoms with Crippen LogP contribution in [0, 0.1) is 13.8 Å². The molecule has 1 aromatic heterocycles. The number of aryl methyl sites for hydroxylation is 1. The van der Waals surface area contributed by atoms with Gasteiger partial charge in [-0.1, -0.05) is 0 Å². The van der Waals surface area contributed by atoms with Crippen LogP contribution >= 0.6 is 0 Å². The Morgan fingerprint density at radius 3 is 2.47 bits per heavy atom. The highest BCUT2D eigenvalue weighted by molar-refractivity contribution is 5.70. The Morgan fingerprint density at radius 2 is 1.84 bits per heavy atom. The van der Waals surface area contributed by atoms with Gasteiger partial charge in [0, 0.05) is 24.0 Å². The van der Waals surface area contributed by atoms with Crippen LogP contribution in [0.5, 0.6) is 11.5 Å². The molecule has 0 unspecified atom stereocenters. The van der Waals surface area contributed by atoms with Crippen LogP contribution in [0.1, 0.15) is 16.8 Å². The lowest BCUT2D eigenvalue weighted by atomic mass is 10.0. The lowest BCUT2D eigenvalue weighted by Crippen LogP contribution is -1.96. The van der Waals surface area contributed by atoms with Crippen molar-refractivity contribution in [3.05, 3.63) is 35.0 Å². The number of aliphatic hydroxyl groups excluding tert-OH is 1. The van der Waals surface area contributed by atoms with Crippen molar-refractivity contribution in [2.45, 2.75) is 20.5 Å². The molecule has 4 heteroatoms. The first-order chi connectivity index (χ1) is 9.11. The summed E-state index contributed by atoms with van der Waals surface area (Å²) in [6.45, 7) is 4.41. The molecular formula is C15H17NO3. The first-order valence-corrected chi connectivity index (χ1v) is 6.28. The van der Waals surface area contributed by atoms with Crippen LogP contribution in [0.3, 0.4) is 0 Å². The van der Waals surface area contributed by atoms with E-state index in [2.05, 4.69) is 11.5 Å². The van der Waals surface area contributed by atoms with Gasteiger partial charge >= 0.3 is 0 Å². The SMILES string of the molecule is Cc1cc2c(cc1-c1cc(CO)c(C)n1C)OCO2. The number of ether oxygens (including phenoxy) is 2. The predicted molar refractivity (Wildman–Crippen MR) is 72.4 cm³/mol. The third-order valence-corrected chi connectivity index (χ3v) is 3.81. The Hall–Kier alpha value is -1.94. The van der Waals surface area contributed by atoms with Gasteiger partial charge in [0.15, 0.2) is 11.5 Å². The predicted octanol–water partition coefficient (Wildman–Crippen LogP) is 2.53. The van der Waals surface area contributed by atoms with Crippen molar-refractivity contribution in [3.8, 4) is 22.8 Å². The molecule has 100 valence electrons. The molecule has 0 saturated heterocycles. The zero-order chi connectivity index (χ0) is 13.6. The summed E-state index contributed by atoms with van der Waals surface area (Å²) >= 11 is 0. The first-order valence-electron chi connectivity index (χ1n) is 6.28. The number of hydrogen-bond acceptors (Lipinski definition) is 3. The molecule has 0 amide bonds. The normalized spacial score (nSPS) is 13.1. The van der Waals surface area contributed by atoms with Crippen LogP contribution in [0.2, 0.25) is 0 Å². The molecule has 2 heterocycles. The maximum Gasteiger partial charge on any atom is 0.231 e. The van der Waals surface area contributed by atoms with Gasteiger partial charge in [-0.25, -0.2) is 0 Å². The zero-order valence-electron chi connectivity index (χ0n) is 11.4. The highest BCUT2D eigenvalue weighted by Gasteiger charge is 2.19. The summed E-state index contributed by atoms with van der Waals surface area (Å²) in [5, 5.41) is 9.37. The van der Waals surface area contributed by atoms with Crippen molar-refractivity contribution < 1.29 is 14.6 Å². The van der Waals surface area contributed by atoms with E-state index in [1.54, 1.807) is 0 Å². The molecule has 0 fully saturated rings. The highest BCUT2D eigenvalue weighted by atomic mass is 16.7. The second kappa shape index (κ2) is 4.31. The second-order valence-corrected chi connectivity index (χ2v) is 4.88. The minimum atomic E-state index is 0.0588. The standard InChI is InChI=1S/C15H17NO3/c1-9-4-14-15(19-8-18-14)6-12(9)13-5-11(7-17)10(2)16(13)3/h4-6,17H,7-8H2,1-3H3. The van der Waals surface area contributed by atoms with Crippen LogP contribution in [-0.2, 0) is 13.7 Å². The van der Waals surface area contributed by atoms with Crippen LogP contribution in [0.25, 0.3) is 11.3 Å². The molecule has 1 N–H and O–H groups in total. The van der Waals surface area contributed by atoms with Crippen LogP contribution in [0.15, 0.2) is 18.2 Å². The number of aliphatic hydroxyl groups is 1. The lowest BCUT2D eigenvalue weighted by Gasteiger charge is -2.09. The average molecular weight is 259 g/mol. The number of aromatic nitrogens is 1. The van der Waals surface area contributed by atoms with Crippen molar-refractivity contribution in [2.24, 2.45) is 7.05 Å². The molecule has 0 spiro atoms. The number of nitrogens with zero attached hydrogens (tertiary/aromatic N) is 1. The van der Waals surface area contributed by atoms with E-state index in [-0.39, 0.29) is 13.4 Å². The maximum absolute atomic E-state index is 9.37. The maximum atomic E-state index is 9.37. The Morgan fingerprint density at radius 1 is 1.16 bits per heavy atom. The number of benzene rings is 1. The molecule has 2 aromatic rings. The van der Waals surface area contributed by atoms with E-state index in [4.69, 9.17) is 9.47 Å². The number of hydrogen-bond donors (Lipinski definition) is 1. The minimum Gasteiger partial charge on any atom is -0.454 e. The molecule has 0 bridgehead atoms. The smallest absolute Gasteiger partial charge is 0.231 e. The van der Waals surface area contributed by atoms with Gasteiger partial charge in [-0.15, -0.1) is 0 Å². The fraction of sp³-hybridized carbons (Fsp3) is 0.333. The third kappa shape index (κ3) is 1.79. The van der Waals surface area contributed by atoms with Crippen LogP contribution in [0.4, 0.5) is 0 Å². The van der Waals surface area contributed by atoms with Gasteiger partial charge < -0.3 is 19.1 Å².